The fourth-order valence-electron chi connectivity index (χ4n) is 3.74. The summed E-state index contributed by atoms with van der Waals surface area (Å²) in [7, 11) is 0. The van der Waals surface area contributed by atoms with Crippen LogP contribution in [0.5, 0.6) is 0 Å². The molecule has 3 aromatic rings. The van der Waals surface area contributed by atoms with Crippen molar-refractivity contribution in [2.45, 2.75) is 44.8 Å². The summed E-state index contributed by atoms with van der Waals surface area (Å²) in [5.74, 6) is -0.422. The van der Waals surface area contributed by atoms with Gasteiger partial charge in [-0.15, -0.1) is 0 Å². The summed E-state index contributed by atoms with van der Waals surface area (Å²) in [6.07, 6.45) is -0.0840. The summed E-state index contributed by atoms with van der Waals surface area (Å²) in [5.41, 5.74) is -0.498. The van der Waals surface area contributed by atoms with Crippen molar-refractivity contribution in [3.8, 4) is 0 Å². The van der Waals surface area contributed by atoms with Crippen LogP contribution >= 0.6 is 0 Å². The molecule has 0 saturated carbocycles. The Morgan fingerprint density at radius 2 is 2.21 bits per heavy atom. The number of carbonyl (C=O) groups is 1. The van der Waals surface area contributed by atoms with Crippen LogP contribution in [0, 0.1) is 6.92 Å². The molecule has 1 fully saturated rings. The molecule has 4 heterocycles. The minimum atomic E-state index is -4.55. The minimum absolute atomic E-state index is 0.0805. The van der Waals surface area contributed by atoms with Crippen molar-refractivity contribution < 1.29 is 22.5 Å². The minimum Gasteiger partial charge on any atom is -0.342 e. The molecule has 3 aromatic heterocycles. The zero-order valence-corrected chi connectivity index (χ0v) is 15.7. The first-order valence-corrected chi connectivity index (χ1v) is 9.27. The SMILES string of the molecule is Cc1cc(C(F)(F)F)c2c(C3CCCN(C(=O)CCn4cncn4)C3)noc2n1. The van der Waals surface area contributed by atoms with Gasteiger partial charge in [0.1, 0.15) is 12.7 Å². The Hall–Kier alpha value is -2.98. The average Bonchev–Trinajstić information content (AvgIpc) is 3.34. The molecule has 1 saturated heterocycles. The summed E-state index contributed by atoms with van der Waals surface area (Å²) in [5, 5.41) is 7.77. The normalized spacial score (nSPS) is 17.8. The standard InChI is InChI=1S/C18H19F3N6O2/c1-11-7-13(18(19,20)21)15-16(25-29-17(15)24-11)12-3-2-5-26(8-12)14(28)4-6-27-10-22-9-23-27/h7,9-10,12H,2-6,8H2,1H3. The molecule has 0 N–H and O–H groups in total. The number of piperidine rings is 1. The molecule has 4 rings (SSSR count). The maximum atomic E-state index is 13.6. The fraction of sp³-hybridized carbons (Fsp3) is 0.500. The van der Waals surface area contributed by atoms with Crippen molar-refractivity contribution >= 4 is 17.0 Å². The molecule has 8 nitrogen and oxygen atoms in total. The molecule has 1 atom stereocenters. The van der Waals surface area contributed by atoms with Gasteiger partial charge in [-0.1, -0.05) is 5.16 Å². The Morgan fingerprint density at radius 3 is 2.93 bits per heavy atom. The molecule has 11 heteroatoms. The summed E-state index contributed by atoms with van der Waals surface area (Å²) in [6.45, 7) is 2.73. The third kappa shape index (κ3) is 3.94. The smallest absolute Gasteiger partial charge is 0.342 e. The second-order valence-corrected chi connectivity index (χ2v) is 7.14. The highest BCUT2D eigenvalue weighted by atomic mass is 19.4. The Kier molecular flexibility index (Phi) is 4.97. The van der Waals surface area contributed by atoms with Gasteiger partial charge in [-0.2, -0.15) is 18.3 Å². The van der Waals surface area contributed by atoms with E-state index in [1.807, 2.05) is 0 Å². The highest BCUT2D eigenvalue weighted by Gasteiger charge is 2.38. The molecule has 0 radical (unpaired) electrons. The number of alkyl halides is 3. The number of aryl methyl sites for hydroxylation is 2. The van der Waals surface area contributed by atoms with Crippen LogP contribution < -0.4 is 0 Å². The molecular weight excluding hydrogens is 389 g/mol. The van der Waals surface area contributed by atoms with Crippen LogP contribution in [0.25, 0.3) is 11.1 Å². The van der Waals surface area contributed by atoms with E-state index in [2.05, 4.69) is 20.2 Å². The number of hydrogen-bond acceptors (Lipinski definition) is 6. The van der Waals surface area contributed by atoms with Gasteiger partial charge in [0.2, 0.25) is 5.91 Å². The van der Waals surface area contributed by atoms with Crippen molar-refractivity contribution in [2.24, 2.45) is 0 Å². The molecule has 0 spiro atoms. The van der Waals surface area contributed by atoms with Crippen molar-refractivity contribution in [3.63, 3.8) is 0 Å². The number of hydrogen-bond donors (Lipinski definition) is 0. The first kappa shape index (κ1) is 19.3. The number of carbonyl (C=O) groups excluding carboxylic acids is 1. The van der Waals surface area contributed by atoms with E-state index in [9.17, 15) is 18.0 Å². The second-order valence-electron chi connectivity index (χ2n) is 7.14. The number of amides is 1. The third-order valence-corrected chi connectivity index (χ3v) is 5.09. The highest BCUT2D eigenvalue weighted by molar-refractivity contribution is 5.82. The molecule has 1 amide bonds. The topological polar surface area (TPSA) is 89.9 Å². The van der Waals surface area contributed by atoms with Gasteiger partial charge in [-0.05, 0) is 25.8 Å². The van der Waals surface area contributed by atoms with Crippen molar-refractivity contribution in [1.82, 2.24) is 29.8 Å². The average molecular weight is 408 g/mol. The van der Waals surface area contributed by atoms with E-state index < -0.39 is 11.7 Å². The maximum absolute atomic E-state index is 13.6. The number of nitrogens with zero attached hydrogens (tertiary/aromatic N) is 6. The van der Waals surface area contributed by atoms with Crippen LogP contribution in [0.4, 0.5) is 13.2 Å². The molecule has 154 valence electrons. The lowest BCUT2D eigenvalue weighted by Gasteiger charge is -2.32. The monoisotopic (exact) mass is 408 g/mol. The Labute approximate surface area is 163 Å². The van der Waals surface area contributed by atoms with Gasteiger partial charge < -0.3 is 9.42 Å². The third-order valence-electron chi connectivity index (χ3n) is 5.09. The van der Waals surface area contributed by atoms with Crippen LogP contribution in [0.1, 0.15) is 42.1 Å². The van der Waals surface area contributed by atoms with Crippen molar-refractivity contribution in [2.75, 3.05) is 13.1 Å². The van der Waals surface area contributed by atoms with Gasteiger partial charge in [0.15, 0.2) is 0 Å². The second kappa shape index (κ2) is 7.45. The molecule has 0 aliphatic carbocycles. The summed E-state index contributed by atoms with van der Waals surface area (Å²) in [6, 6.07) is 1.01. The lowest BCUT2D eigenvalue weighted by Crippen LogP contribution is -2.39. The highest BCUT2D eigenvalue weighted by Crippen LogP contribution is 2.40. The Bertz CT molecular complexity index is 1010. The first-order valence-electron chi connectivity index (χ1n) is 9.27. The van der Waals surface area contributed by atoms with Crippen LogP contribution in [-0.4, -0.2) is 48.8 Å². The van der Waals surface area contributed by atoms with E-state index in [-0.39, 0.29) is 40.7 Å². The quantitative estimate of drug-likeness (QED) is 0.659. The van der Waals surface area contributed by atoms with Gasteiger partial charge in [-0.3, -0.25) is 9.48 Å². The number of aromatic nitrogens is 5. The molecule has 1 aliphatic rings. The Morgan fingerprint density at radius 1 is 1.38 bits per heavy atom. The van der Waals surface area contributed by atoms with E-state index in [1.165, 1.54) is 19.6 Å². The molecule has 0 aromatic carbocycles. The Balaban J connectivity index is 1.57. The molecular formula is C18H19F3N6O2. The zero-order valence-electron chi connectivity index (χ0n) is 15.7. The lowest BCUT2D eigenvalue weighted by atomic mass is 9.91. The predicted octanol–water partition coefficient (Wildman–Crippen LogP) is 2.94. The number of halogens is 3. The van der Waals surface area contributed by atoms with Gasteiger partial charge in [0.05, 0.1) is 23.2 Å². The number of rotatable bonds is 4. The maximum Gasteiger partial charge on any atom is 0.417 e. The molecule has 1 aliphatic heterocycles. The van der Waals surface area contributed by atoms with Crippen molar-refractivity contribution in [1.29, 1.82) is 0 Å². The van der Waals surface area contributed by atoms with Crippen LogP contribution in [0.2, 0.25) is 0 Å². The molecule has 0 bridgehead atoms. The summed E-state index contributed by atoms with van der Waals surface area (Å²) in [4.78, 5) is 22.1. The first-order chi connectivity index (χ1) is 13.8. The fourth-order valence-corrected chi connectivity index (χ4v) is 3.74. The zero-order chi connectivity index (χ0) is 20.6. The van der Waals surface area contributed by atoms with Gasteiger partial charge in [0, 0.05) is 31.1 Å². The van der Waals surface area contributed by atoms with Crippen molar-refractivity contribution in [3.05, 3.63) is 35.7 Å². The lowest BCUT2D eigenvalue weighted by molar-refractivity contribution is -0.136. The molecule has 29 heavy (non-hydrogen) atoms. The molecule has 1 unspecified atom stereocenters. The van der Waals surface area contributed by atoms with Gasteiger partial charge in [0.25, 0.3) is 5.71 Å². The van der Waals surface area contributed by atoms with E-state index in [4.69, 9.17) is 4.52 Å². The van der Waals surface area contributed by atoms with E-state index in [1.54, 1.807) is 9.58 Å². The van der Waals surface area contributed by atoms with Gasteiger partial charge >= 0.3 is 6.18 Å². The summed E-state index contributed by atoms with van der Waals surface area (Å²) >= 11 is 0. The number of fused-ring (bicyclic) bond motifs is 1. The van der Waals surface area contributed by atoms with Crippen LogP contribution in [0.15, 0.2) is 23.2 Å². The van der Waals surface area contributed by atoms with Crippen LogP contribution in [0.3, 0.4) is 0 Å². The van der Waals surface area contributed by atoms with E-state index in [0.29, 0.717) is 32.5 Å². The predicted molar refractivity (Wildman–Crippen MR) is 94.7 cm³/mol. The van der Waals surface area contributed by atoms with Crippen LogP contribution in [-0.2, 0) is 17.5 Å². The summed E-state index contributed by atoms with van der Waals surface area (Å²) < 4.78 is 47.5. The van der Waals surface area contributed by atoms with E-state index >= 15 is 0 Å². The van der Waals surface area contributed by atoms with E-state index in [0.717, 1.165) is 6.07 Å². The largest absolute Gasteiger partial charge is 0.417 e. The number of pyridine rings is 1. The number of likely N-dealkylation sites (tertiary alicyclic amines) is 1. The van der Waals surface area contributed by atoms with Gasteiger partial charge in [-0.25, -0.2) is 9.97 Å².